The van der Waals surface area contributed by atoms with Gasteiger partial charge in [0.1, 0.15) is 0 Å². The molecule has 2 aliphatic rings. The highest BCUT2D eigenvalue weighted by Gasteiger charge is 2.42. The van der Waals surface area contributed by atoms with Crippen molar-refractivity contribution in [3.8, 4) is 0 Å². The van der Waals surface area contributed by atoms with E-state index in [-0.39, 0.29) is 5.54 Å². The minimum absolute atomic E-state index is 0.0408. The fourth-order valence-corrected chi connectivity index (χ4v) is 2.75. The molecule has 0 saturated carbocycles. The molecule has 2 heterocycles. The summed E-state index contributed by atoms with van der Waals surface area (Å²) in [6.45, 7) is 13.9. The van der Waals surface area contributed by atoms with Gasteiger partial charge in [-0.15, -0.1) is 0 Å². The van der Waals surface area contributed by atoms with Crippen LogP contribution < -0.4 is 5.73 Å². The number of ether oxygens (including phenoxy) is 1. The van der Waals surface area contributed by atoms with E-state index in [0.29, 0.717) is 12.0 Å². The van der Waals surface area contributed by atoms with Crippen LogP contribution >= 0.6 is 0 Å². The second kappa shape index (κ2) is 5.22. The summed E-state index contributed by atoms with van der Waals surface area (Å²) in [5.41, 5.74) is 6.34. The average molecular weight is 241 g/mol. The molecule has 1 atom stereocenters. The maximum Gasteiger partial charge on any atom is 0.0829 e. The molecule has 0 aromatic heterocycles. The number of likely N-dealkylation sites (tertiary alicyclic amines) is 1. The lowest BCUT2D eigenvalue weighted by atomic mass is 9.80. The van der Waals surface area contributed by atoms with E-state index < -0.39 is 0 Å². The normalized spacial score (nSPS) is 30.5. The topological polar surface area (TPSA) is 41.7 Å². The lowest BCUT2D eigenvalue weighted by Crippen LogP contribution is -2.71. The third-order valence-electron chi connectivity index (χ3n) is 4.32. The van der Waals surface area contributed by atoms with E-state index in [1.165, 1.54) is 0 Å². The van der Waals surface area contributed by atoms with Gasteiger partial charge in [0.25, 0.3) is 0 Å². The fraction of sp³-hybridized carbons (Fsp3) is 1.00. The molecule has 0 aliphatic carbocycles. The molecule has 1 unspecified atom stereocenters. The predicted octanol–water partition coefficient (Wildman–Crippen LogP) is 0.376. The summed E-state index contributed by atoms with van der Waals surface area (Å²) in [4.78, 5) is 4.90. The van der Waals surface area contributed by atoms with Gasteiger partial charge < -0.3 is 10.5 Å². The maximum atomic E-state index is 6.30. The Balaban J connectivity index is 1.73. The largest absolute Gasteiger partial charge is 0.374 e. The molecule has 2 aliphatic heterocycles. The first-order chi connectivity index (χ1) is 8.03. The molecule has 0 radical (unpaired) electrons. The van der Waals surface area contributed by atoms with Gasteiger partial charge in [0, 0.05) is 38.3 Å². The summed E-state index contributed by atoms with van der Waals surface area (Å²) >= 11 is 0. The van der Waals surface area contributed by atoms with Gasteiger partial charge in [0.2, 0.25) is 0 Å². The van der Waals surface area contributed by atoms with E-state index in [0.717, 1.165) is 45.9 Å². The molecule has 4 nitrogen and oxygen atoms in total. The van der Waals surface area contributed by atoms with Crippen molar-refractivity contribution >= 4 is 0 Å². The van der Waals surface area contributed by atoms with Gasteiger partial charge in [-0.2, -0.15) is 0 Å². The quantitative estimate of drug-likeness (QED) is 0.772. The molecule has 0 spiro atoms. The highest BCUT2D eigenvalue weighted by molar-refractivity contribution is 5.02. The van der Waals surface area contributed by atoms with Crippen molar-refractivity contribution in [3.63, 3.8) is 0 Å². The molecule has 17 heavy (non-hydrogen) atoms. The van der Waals surface area contributed by atoms with Crippen molar-refractivity contribution in [2.45, 2.75) is 32.4 Å². The predicted molar refractivity (Wildman–Crippen MR) is 70.1 cm³/mol. The van der Waals surface area contributed by atoms with Crippen LogP contribution in [0.3, 0.4) is 0 Å². The zero-order valence-corrected chi connectivity index (χ0v) is 11.5. The summed E-state index contributed by atoms with van der Waals surface area (Å²) in [5.74, 6) is 0.568. The van der Waals surface area contributed by atoms with Crippen molar-refractivity contribution in [3.05, 3.63) is 0 Å². The molecular formula is C13H27N3O. The Hall–Kier alpha value is -0.160. The fourth-order valence-electron chi connectivity index (χ4n) is 2.75. The molecule has 2 rings (SSSR count). The van der Waals surface area contributed by atoms with E-state index in [1.807, 2.05) is 0 Å². The molecule has 2 saturated heterocycles. The second-order valence-electron chi connectivity index (χ2n) is 5.94. The van der Waals surface area contributed by atoms with Gasteiger partial charge in [-0.3, -0.25) is 9.80 Å². The average Bonchev–Trinajstić information content (AvgIpc) is 2.27. The van der Waals surface area contributed by atoms with Crippen LogP contribution in [-0.2, 0) is 4.74 Å². The third-order valence-corrected chi connectivity index (χ3v) is 4.32. The number of hydrogen-bond donors (Lipinski definition) is 1. The van der Waals surface area contributed by atoms with E-state index in [9.17, 15) is 0 Å². The number of likely N-dealkylation sites (N-methyl/N-ethyl adjacent to an activating group) is 1. The van der Waals surface area contributed by atoms with Crippen LogP contribution in [0.15, 0.2) is 0 Å². The lowest BCUT2D eigenvalue weighted by molar-refractivity contribution is -0.0670. The minimum atomic E-state index is 0.0408. The summed E-state index contributed by atoms with van der Waals surface area (Å²) < 4.78 is 5.82. The molecule has 2 fully saturated rings. The van der Waals surface area contributed by atoms with Crippen LogP contribution in [0.1, 0.15) is 20.8 Å². The molecular weight excluding hydrogens is 214 g/mol. The molecule has 0 aromatic rings. The van der Waals surface area contributed by atoms with Crippen molar-refractivity contribution in [1.29, 1.82) is 0 Å². The summed E-state index contributed by atoms with van der Waals surface area (Å²) in [5, 5.41) is 0. The van der Waals surface area contributed by atoms with E-state index in [4.69, 9.17) is 10.5 Å². The van der Waals surface area contributed by atoms with Crippen molar-refractivity contribution < 1.29 is 4.74 Å². The number of nitrogens with two attached hydrogens (primary N) is 1. The maximum absolute atomic E-state index is 6.30. The first-order valence-corrected chi connectivity index (χ1v) is 6.88. The van der Waals surface area contributed by atoms with Crippen molar-refractivity contribution in [1.82, 2.24) is 9.80 Å². The van der Waals surface area contributed by atoms with Gasteiger partial charge in [-0.1, -0.05) is 20.8 Å². The zero-order chi connectivity index (χ0) is 12.5. The molecule has 2 N–H and O–H groups in total. The lowest BCUT2D eigenvalue weighted by Gasteiger charge is -2.51. The van der Waals surface area contributed by atoms with Crippen LogP contribution in [0.2, 0.25) is 0 Å². The van der Waals surface area contributed by atoms with Crippen LogP contribution in [0, 0.1) is 5.92 Å². The Morgan fingerprint density at radius 3 is 2.65 bits per heavy atom. The van der Waals surface area contributed by atoms with Crippen LogP contribution in [0.5, 0.6) is 0 Å². The van der Waals surface area contributed by atoms with E-state index >= 15 is 0 Å². The van der Waals surface area contributed by atoms with E-state index in [1.54, 1.807) is 0 Å². The zero-order valence-electron chi connectivity index (χ0n) is 11.5. The smallest absolute Gasteiger partial charge is 0.0829 e. The molecule has 0 amide bonds. The standard InChI is InChI=1S/C13H27N3O/c1-4-15-5-6-17-12(7-15)8-16-9-13(14,10-16)11(2)3/h11-12H,4-10,14H2,1-3H3. The van der Waals surface area contributed by atoms with Crippen LogP contribution in [-0.4, -0.2) is 67.3 Å². The summed E-state index contributed by atoms with van der Waals surface area (Å²) in [6, 6.07) is 0. The Morgan fingerprint density at radius 1 is 1.35 bits per heavy atom. The first-order valence-electron chi connectivity index (χ1n) is 6.88. The van der Waals surface area contributed by atoms with Gasteiger partial charge in [0.05, 0.1) is 12.7 Å². The first kappa shape index (κ1) is 13.3. The van der Waals surface area contributed by atoms with Crippen LogP contribution in [0.25, 0.3) is 0 Å². The third kappa shape index (κ3) is 2.99. The number of rotatable bonds is 4. The minimum Gasteiger partial charge on any atom is -0.374 e. The second-order valence-corrected chi connectivity index (χ2v) is 5.94. The molecule has 0 aromatic carbocycles. The molecule has 4 heteroatoms. The van der Waals surface area contributed by atoms with Crippen molar-refractivity contribution in [2.24, 2.45) is 11.7 Å². The summed E-state index contributed by atoms with van der Waals surface area (Å²) in [6.07, 6.45) is 0.375. The Bertz CT molecular complexity index is 251. The monoisotopic (exact) mass is 241 g/mol. The van der Waals surface area contributed by atoms with Gasteiger partial charge in [-0.05, 0) is 12.5 Å². The Morgan fingerprint density at radius 2 is 2.06 bits per heavy atom. The SMILES string of the molecule is CCN1CCOC(CN2CC(N)(C(C)C)C2)C1. The summed E-state index contributed by atoms with van der Waals surface area (Å²) in [7, 11) is 0. The van der Waals surface area contributed by atoms with E-state index in [2.05, 4.69) is 30.6 Å². The number of nitrogens with zero attached hydrogens (tertiary/aromatic N) is 2. The highest BCUT2D eigenvalue weighted by atomic mass is 16.5. The highest BCUT2D eigenvalue weighted by Crippen LogP contribution is 2.26. The van der Waals surface area contributed by atoms with Gasteiger partial charge in [-0.25, -0.2) is 0 Å². The Kier molecular flexibility index (Phi) is 4.08. The Labute approximate surface area is 105 Å². The molecule has 0 bridgehead atoms. The van der Waals surface area contributed by atoms with Gasteiger partial charge >= 0.3 is 0 Å². The number of hydrogen-bond acceptors (Lipinski definition) is 4. The van der Waals surface area contributed by atoms with Gasteiger partial charge in [0.15, 0.2) is 0 Å². The van der Waals surface area contributed by atoms with Crippen molar-refractivity contribution in [2.75, 3.05) is 45.9 Å². The number of morpholine rings is 1. The molecule has 100 valence electrons. The van der Waals surface area contributed by atoms with Crippen LogP contribution in [0.4, 0.5) is 0 Å².